The van der Waals surface area contributed by atoms with Gasteiger partial charge in [-0.2, -0.15) is 10.2 Å². The molecule has 2 aromatic heterocycles. The van der Waals surface area contributed by atoms with Gasteiger partial charge in [-0.3, -0.25) is 0 Å². The van der Waals surface area contributed by atoms with Crippen LogP contribution in [0.3, 0.4) is 0 Å². The molecule has 0 fully saturated rings. The Balaban J connectivity index is 2.45. The van der Waals surface area contributed by atoms with Crippen molar-refractivity contribution in [3.63, 3.8) is 0 Å². The summed E-state index contributed by atoms with van der Waals surface area (Å²) in [4.78, 5) is 5.01. The average Bonchev–Trinajstić information content (AvgIpc) is 2.64. The van der Waals surface area contributed by atoms with Crippen LogP contribution in [0.5, 0.6) is 5.75 Å². The Hall–Kier alpha value is -1.98. The molecular weight excluding hydrogens is 199 g/mol. The van der Waals surface area contributed by atoms with Gasteiger partial charge in [0, 0.05) is 6.07 Å². The van der Waals surface area contributed by atoms with Gasteiger partial charge in [-0.1, -0.05) is 0 Å². The molecule has 0 saturated heterocycles. The molecule has 6 heteroatoms. The second-order valence-electron chi connectivity index (χ2n) is 2.96. The summed E-state index contributed by atoms with van der Waals surface area (Å²) in [6, 6.07) is 1.24. The molecule has 0 atom stereocenters. The summed E-state index contributed by atoms with van der Waals surface area (Å²) in [5.74, 6) is -0.103. The molecule has 0 spiro atoms. The van der Waals surface area contributed by atoms with E-state index in [-0.39, 0.29) is 5.82 Å². The van der Waals surface area contributed by atoms with Crippen molar-refractivity contribution in [2.24, 2.45) is 0 Å². The van der Waals surface area contributed by atoms with E-state index in [1.165, 1.54) is 25.6 Å². The van der Waals surface area contributed by atoms with Crippen LogP contribution in [0.2, 0.25) is 0 Å². The number of aromatic nitrogens is 4. The van der Waals surface area contributed by atoms with E-state index in [1.54, 1.807) is 6.92 Å². The lowest BCUT2D eigenvalue weighted by Crippen LogP contribution is -2.05. The first kappa shape index (κ1) is 9.57. The average molecular weight is 208 g/mol. The van der Waals surface area contributed by atoms with E-state index in [1.807, 2.05) is 0 Å². The molecule has 15 heavy (non-hydrogen) atoms. The van der Waals surface area contributed by atoms with Crippen molar-refractivity contribution in [3.8, 4) is 11.6 Å². The van der Waals surface area contributed by atoms with Crippen LogP contribution in [0.4, 0.5) is 4.39 Å². The molecule has 0 aliphatic heterocycles. The summed E-state index contributed by atoms with van der Waals surface area (Å²) >= 11 is 0. The molecule has 2 rings (SSSR count). The molecule has 0 aliphatic carbocycles. The molecule has 0 saturated carbocycles. The molecule has 0 radical (unpaired) electrons. The summed E-state index contributed by atoms with van der Waals surface area (Å²) in [7, 11) is 1.45. The lowest BCUT2D eigenvalue weighted by molar-refractivity contribution is 0.407. The maximum Gasteiger partial charge on any atom is 0.210 e. The van der Waals surface area contributed by atoms with Gasteiger partial charge in [-0.25, -0.2) is 9.37 Å². The second kappa shape index (κ2) is 3.64. The minimum absolute atomic E-state index is 0.0592. The van der Waals surface area contributed by atoms with Crippen LogP contribution in [0.1, 0.15) is 5.69 Å². The van der Waals surface area contributed by atoms with Crippen molar-refractivity contribution < 1.29 is 9.13 Å². The third-order valence-electron chi connectivity index (χ3n) is 1.83. The van der Waals surface area contributed by atoms with Crippen LogP contribution in [0.15, 0.2) is 18.5 Å². The van der Waals surface area contributed by atoms with Gasteiger partial charge < -0.3 is 4.74 Å². The molecule has 2 aromatic rings. The Bertz CT molecular complexity index is 483. The number of aryl methyl sites for hydroxylation is 1. The first-order chi connectivity index (χ1) is 7.20. The van der Waals surface area contributed by atoms with Gasteiger partial charge in [0.05, 0.1) is 25.2 Å². The highest BCUT2D eigenvalue weighted by Gasteiger charge is 2.09. The summed E-state index contributed by atoms with van der Waals surface area (Å²) in [6.07, 6.45) is 2.95. The third-order valence-corrected chi connectivity index (χ3v) is 1.83. The third kappa shape index (κ3) is 1.78. The Kier molecular flexibility index (Phi) is 2.32. The van der Waals surface area contributed by atoms with Crippen molar-refractivity contribution in [2.75, 3.05) is 7.11 Å². The molecule has 0 N–H and O–H groups in total. The molecule has 0 unspecified atom stereocenters. The molecular formula is C9H9FN4O. The highest BCUT2D eigenvalue weighted by molar-refractivity contribution is 5.29. The van der Waals surface area contributed by atoms with Gasteiger partial charge in [0.2, 0.25) is 5.82 Å². The van der Waals surface area contributed by atoms with Crippen LogP contribution < -0.4 is 4.74 Å². The number of methoxy groups -OCH3 is 1. The Labute approximate surface area is 85.5 Å². The van der Waals surface area contributed by atoms with E-state index in [9.17, 15) is 4.39 Å². The molecule has 0 aliphatic rings. The summed E-state index contributed by atoms with van der Waals surface area (Å²) in [5, 5.41) is 7.82. The standard InChI is InChI=1S/C9H9FN4O/c1-6-4-12-14(13-6)9-8(10)3-7(15-2)5-11-9/h3-5H,1-2H3. The van der Waals surface area contributed by atoms with Crippen molar-refractivity contribution in [2.45, 2.75) is 6.92 Å². The van der Waals surface area contributed by atoms with E-state index in [0.717, 1.165) is 4.80 Å². The van der Waals surface area contributed by atoms with Crippen LogP contribution in [-0.4, -0.2) is 27.1 Å². The van der Waals surface area contributed by atoms with Crippen molar-refractivity contribution in [1.29, 1.82) is 0 Å². The van der Waals surface area contributed by atoms with E-state index in [0.29, 0.717) is 11.4 Å². The summed E-state index contributed by atoms with van der Waals surface area (Å²) in [6.45, 7) is 1.77. The van der Waals surface area contributed by atoms with Crippen LogP contribution in [0, 0.1) is 12.7 Å². The van der Waals surface area contributed by atoms with E-state index >= 15 is 0 Å². The fourth-order valence-electron chi connectivity index (χ4n) is 1.11. The monoisotopic (exact) mass is 208 g/mol. The van der Waals surface area contributed by atoms with Gasteiger partial charge in [0.15, 0.2) is 5.82 Å². The Morgan fingerprint density at radius 3 is 2.73 bits per heavy atom. The molecule has 0 aromatic carbocycles. The van der Waals surface area contributed by atoms with Crippen molar-refractivity contribution in [3.05, 3.63) is 30.0 Å². The number of ether oxygens (including phenoxy) is 1. The molecule has 5 nitrogen and oxygen atoms in total. The fourth-order valence-corrected chi connectivity index (χ4v) is 1.11. The van der Waals surface area contributed by atoms with Crippen LogP contribution in [-0.2, 0) is 0 Å². The quantitative estimate of drug-likeness (QED) is 0.742. The summed E-state index contributed by atoms with van der Waals surface area (Å²) < 4.78 is 18.3. The second-order valence-corrected chi connectivity index (χ2v) is 2.96. The maximum atomic E-state index is 13.5. The lowest BCUT2D eigenvalue weighted by Gasteiger charge is -2.02. The first-order valence-electron chi connectivity index (χ1n) is 4.29. The Morgan fingerprint density at radius 1 is 1.40 bits per heavy atom. The number of hydrogen-bond donors (Lipinski definition) is 0. The minimum atomic E-state index is -0.523. The topological polar surface area (TPSA) is 52.8 Å². The number of halogens is 1. The lowest BCUT2D eigenvalue weighted by atomic mass is 10.4. The van der Waals surface area contributed by atoms with Crippen molar-refractivity contribution >= 4 is 0 Å². The largest absolute Gasteiger partial charge is 0.495 e. The van der Waals surface area contributed by atoms with Crippen LogP contribution in [0.25, 0.3) is 5.82 Å². The molecule has 0 bridgehead atoms. The van der Waals surface area contributed by atoms with Gasteiger partial charge in [-0.05, 0) is 6.92 Å². The number of hydrogen-bond acceptors (Lipinski definition) is 4. The van der Waals surface area contributed by atoms with E-state index in [2.05, 4.69) is 15.2 Å². The predicted octanol–water partition coefficient (Wildman–Crippen LogP) is 1.12. The Morgan fingerprint density at radius 2 is 2.20 bits per heavy atom. The van der Waals surface area contributed by atoms with Gasteiger partial charge in [0.1, 0.15) is 5.75 Å². The number of rotatable bonds is 2. The highest BCUT2D eigenvalue weighted by atomic mass is 19.1. The maximum absolute atomic E-state index is 13.5. The highest BCUT2D eigenvalue weighted by Crippen LogP contribution is 2.15. The molecule has 78 valence electrons. The zero-order valence-corrected chi connectivity index (χ0v) is 8.31. The minimum Gasteiger partial charge on any atom is -0.495 e. The number of nitrogens with zero attached hydrogens (tertiary/aromatic N) is 4. The SMILES string of the molecule is COc1cnc(-n2ncc(C)n2)c(F)c1. The zero-order valence-electron chi connectivity index (χ0n) is 8.31. The predicted molar refractivity (Wildman–Crippen MR) is 50.4 cm³/mol. The smallest absolute Gasteiger partial charge is 0.210 e. The van der Waals surface area contributed by atoms with Crippen LogP contribution >= 0.6 is 0 Å². The molecule has 2 heterocycles. The normalized spacial score (nSPS) is 10.3. The molecule has 0 amide bonds. The zero-order chi connectivity index (χ0) is 10.8. The number of pyridine rings is 1. The summed E-state index contributed by atoms with van der Waals surface area (Å²) in [5.41, 5.74) is 0.701. The van der Waals surface area contributed by atoms with Gasteiger partial charge >= 0.3 is 0 Å². The van der Waals surface area contributed by atoms with Gasteiger partial charge in [0.25, 0.3) is 0 Å². The van der Waals surface area contributed by atoms with E-state index < -0.39 is 5.82 Å². The van der Waals surface area contributed by atoms with Gasteiger partial charge in [-0.15, -0.1) is 4.80 Å². The fraction of sp³-hybridized carbons (Fsp3) is 0.222. The van der Waals surface area contributed by atoms with Crippen molar-refractivity contribution in [1.82, 2.24) is 20.0 Å². The first-order valence-corrected chi connectivity index (χ1v) is 4.29. The van der Waals surface area contributed by atoms with E-state index in [4.69, 9.17) is 4.74 Å².